The van der Waals surface area contributed by atoms with E-state index in [-0.39, 0.29) is 6.61 Å². The fourth-order valence-electron chi connectivity index (χ4n) is 3.74. The van der Waals surface area contributed by atoms with E-state index in [9.17, 15) is 9.59 Å². The average Bonchev–Trinajstić information content (AvgIpc) is 2.86. The van der Waals surface area contributed by atoms with E-state index in [1.54, 1.807) is 38.1 Å². The summed E-state index contributed by atoms with van der Waals surface area (Å²) in [6.07, 6.45) is 0. The van der Waals surface area contributed by atoms with Crippen molar-refractivity contribution in [3.63, 3.8) is 0 Å². The molecule has 1 unspecified atom stereocenters. The Kier molecular flexibility index (Phi) is 7.82. The van der Waals surface area contributed by atoms with E-state index in [4.69, 9.17) is 21.7 Å². The van der Waals surface area contributed by atoms with Gasteiger partial charge in [-0.15, -0.1) is 0 Å². The van der Waals surface area contributed by atoms with Gasteiger partial charge in [0.1, 0.15) is 5.75 Å². The van der Waals surface area contributed by atoms with Gasteiger partial charge in [-0.25, -0.2) is 9.59 Å². The van der Waals surface area contributed by atoms with Gasteiger partial charge >= 0.3 is 12.0 Å². The van der Waals surface area contributed by atoms with Gasteiger partial charge in [0, 0.05) is 11.4 Å². The van der Waals surface area contributed by atoms with Crippen LogP contribution < -0.4 is 26.0 Å². The van der Waals surface area contributed by atoms with Crippen LogP contribution in [0.25, 0.3) is 0 Å². The van der Waals surface area contributed by atoms with Gasteiger partial charge in [0.05, 0.1) is 23.9 Å². The Labute approximate surface area is 214 Å². The van der Waals surface area contributed by atoms with Crippen LogP contribution in [0.2, 0.25) is 0 Å². The fourth-order valence-corrected chi connectivity index (χ4v) is 4.01. The van der Waals surface area contributed by atoms with Crippen molar-refractivity contribution in [2.45, 2.75) is 19.9 Å². The number of urea groups is 1. The van der Waals surface area contributed by atoms with Gasteiger partial charge in [0.25, 0.3) is 0 Å². The van der Waals surface area contributed by atoms with Crippen LogP contribution >= 0.6 is 12.2 Å². The molecule has 0 fully saturated rings. The minimum atomic E-state index is -0.470. The first kappa shape index (κ1) is 24.7. The van der Waals surface area contributed by atoms with Gasteiger partial charge in [-0.05, 0) is 68.0 Å². The molecule has 0 saturated heterocycles. The largest absolute Gasteiger partial charge is 0.463 e. The topological polar surface area (TPSA) is 101 Å². The molecule has 0 aliphatic carbocycles. The molecule has 0 spiro atoms. The van der Waals surface area contributed by atoms with Crippen LogP contribution in [0, 0.1) is 0 Å². The number of nitrogens with one attached hydrogen (secondary N) is 4. The lowest BCUT2D eigenvalue weighted by Crippen LogP contribution is -2.45. The third-order valence-electron chi connectivity index (χ3n) is 5.37. The molecule has 1 heterocycles. The van der Waals surface area contributed by atoms with Crippen molar-refractivity contribution in [1.82, 2.24) is 10.6 Å². The van der Waals surface area contributed by atoms with E-state index in [0.717, 1.165) is 5.56 Å². The standard InChI is InChI=1S/C27H26N4O4S/c1-3-34-25(32)23-17(2)28-27(36)31-24(23)18-13-15-19(16-14-18)29-26(33)30-21-11-7-8-12-22(21)35-20-9-5-4-6-10-20/h4-16,24H,3H2,1-2H3,(H2,28,31,36)(H2,29,30,33). The number of para-hydroxylation sites is 3. The second-order valence-electron chi connectivity index (χ2n) is 7.90. The number of anilines is 2. The number of ether oxygens (including phenoxy) is 2. The molecule has 0 bridgehead atoms. The minimum Gasteiger partial charge on any atom is -0.463 e. The first-order valence-corrected chi connectivity index (χ1v) is 11.8. The van der Waals surface area contributed by atoms with Crippen molar-refractivity contribution < 1.29 is 19.1 Å². The highest BCUT2D eigenvalue weighted by Gasteiger charge is 2.30. The predicted molar refractivity (Wildman–Crippen MR) is 143 cm³/mol. The lowest BCUT2D eigenvalue weighted by Gasteiger charge is -2.29. The number of rotatable bonds is 7. The van der Waals surface area contributed by atoms with E-state index >= 15 is 0 Å². The summed E-state index contributed by atoms with van der Waals surface area (Å²) in [5, 5.41) is 12.2. The van der Waals surface area contributed by atoms with Crippen molar-refractivity contribution in [3.8, 4) is 11.5 Å². The Hall–Kier alpha value is -4.37. The molecule has 1 aliphatic rings. The number of amides is 2. The number of carbonyl (C=O) groups is 2. The summed E-state index contributed by atoms with van der Waals surface area (Å²) in [5.41, 5.74) is 3.00. The van der Waals surface area contributed by atoms with Gasteiger partial charge in [-0.1, -0.05) is 42.5 Å². The molecule has 2 amide bonds. The SMILES string of the molecule is CCOC(=O)C1=C(C)NC(=S)NC1c1ccc(NC(=O)Nc2ccccc2Oc2ccccc2)cc1. The predicted octanol–water partition coefficient (Wildman–Crippen LogP) is 5.48. The number of hydrogen-bond donors (Lipinski definition) is 4. The Morgan fingerprint density at radius 3 is 2.36 bits per heavy atom. The normalized spacial score (nSPS) is 14.8. The first-order valence-electron chi connectivity index (χ1n) is 11.4. The number of hydrogen-bond acceptors (Lipinski definition) is 5. The summed E-state index contributed by atoms with van der Waals surface area (Å²) < 4.78 is 11.1. The van der Waals surface area contributed by atoms with E-state index < -0.39 is 18.0 Å². The maximum absolute atomic E-state index is 12.7. The fraction of sp³-hybridized carbons (Fsp3) is 0.148. The lowest BCUT2D eigenvalue weighted by atomic mass is 9.95. The molecule has 8 nitrogen and oxygen atoms in total. The van der Waals surface area contributed by atoms with Gasteiger partial charge < -0.3 is 30.7 Å². The maximum atomic E-state index is 12.7. The van der Waals surface area contributed by atoms with E-state index in [2.05, 4.69) is 21.3 Å². The Balaban J connectivity index is 1.45. The van der Waals surface area contributed by atoms with Gasteiger partial charge in [0.15, 0.2) is 10.9 Å². The molecule has 0 radical (unpaired) electrons. The van der Waals surface area contributed by atoms with Crippen molar-refractivity contribution >= 4 is 40.7 Å². The van der Waals surface area contributed by atoms with E-state index in [0.29, 0.717) is 39.3 Å². The third-order valence-corrected chi connectivity index (χ3v) is 5.59. The quantitative estimate of drug-likeness (QED) is 0.251. The van der Waals surface area contributed by atoms with Crippen molar-refractivity contribution in [1.29, 1.82) is 0 Å². The molecule has 1 atom stereocenters. The van der Waals surface area contributed by atoms with Crippen molar-refractivity contribution in [2.75, 3.05) is 17.2 Å². The highest BCUT2D eigenvalue weighted by molar-refractivity contribution is 7.80. The van der Waals surface area contributed by atoms with Gasteiger partial charge in [0.2, 0.25) is 0 Å². The van der Waals surface area contributed by atoms with Crippen LogP contribution in [0.1, 0.15) is 25.5 Å². The molecule has 0 aromatic heterocycles. The zero-order chi connectivity index (χ0) is 25.5. The summed E-state index contributed by atoms with van der Waals surface area (Å²) in [6.45, 7) is 3.81. The van der Waals surface area contributed by atoms with E-state index in [1.165, 1.54) is 0 Å². The van der Waals surface area contributed by atoms with Crippen LogP contribution in [0.15, 0.2) is 90.1 Å². The smallest absolute Gasteiger partial charge is 0.338 e. The Morgan fingerprint density at radius 1 is 0.944 bits per heavy atom. The van der Waals surface area contributed by atoms with Crippen LogP contribution in [0.5, 0.6) is 11.5 Å². The molecular weight excluding hydrogens is 476 g/mol. The molecular formula is C27H26N4O4S. The number of carbonyl (C=O) groups excluding carboxylic acids is 2. The number of benzene rings is 3. The lowest BCUT2D eigenvalue weighted by molar-refractivity contribution is -0.139. The Morgan fingerprint density at radius 2 is 1.64 bits per heavy atom. The van der Waals surface area contributed by atoms with Crippen LogP contribution in [-0.2, 0) is 9.53 Å². The second-order valence-corrected chi connectivity index (χ2v) is 8.31. The second kappa shape index (κ2) is 11.4. The summed E-state index contributed by atoms with van der Waals surface area (Å²) in [5.74, 6) is 0.775. The van der Waals surface area contributed by atoms with E-state index in [1.807, 2.05) is 54.6 Å². The molecule has 9 heteroatoms. The highest BCUT2D eigenvalue weighted by atomic mass is 32.1. The van der Waals surface area contributed by atoms with Crippen molar-refractivity contribution in [2.24, 2.45) is 0 Å². The summed E-state index contributed by atoms with van der Waals surface area (Å²) >= 11 is 5.28. The van der Waals surface area contributed by atoms with Crippen molar-refractivity contribution in [3.05, 3.63) is 95.7 Å². The Bertz CT molecular complexity index is 1290. The average molecular weight is 503 g/mol. The molecule has 184 valence electrons. The molecule has 3 aromatic carbocycles. The first-order chi connectivity index (χ1) is 17.4. The summed E-state index contributed by atoms with van der Waals surface area (Å²) in [4.78, 5) is 25.2. The molecule has 3 aromatic rings. The van der Waals surface area contributed by atoms with Crippen LogP contribution in [0.4, 0.5) is 16.2 Å². The molecule has 4 N–H and O–H groups in total. The summed E-state index contributed by atoms with van der Waals surface area (Å²) in [7, 11) is 0. The maximum Gasteiger partial charge on any atom is 0.338 e. The number of allylic oxidation sites excluding steroid dienone is 1. The highest BCUT2D eigenvalue weighted by Crippen LogP contribution is 2.30. The minimum absolute atomic E-state index is 0.268. The van der Waals surface area contributed by atoms with Crippen LogP contribution in [-0.4, -0.2) is 23.7 Å². The zero-order valence-electron chi connectivity index (χ0n) is 19.8. The number of thiocarbonyl (C=S) groups is 1. The van der Waals surface area contributed by atoms with Gasteiger partial charge in [-0.3, -0.25) is 0 Å². The monoisotopic (exact) mass is 502 g/mol. The summed E-state index contributed by atoms with van der Waals surface area (Å²) in [6, 6.07) is 22.8. The molecule has 1 aliphatic heterocycles. The molecule has 4 rings (SSSR count). The molecule has 0 saturated carbocycles. The number of esters is 1. The molecule has 36 heavy (non-hydrogen) atoms. The van der Waals surface area contributed by atoms with Crippen LogP contribution in [0.3, 0.4) is 0 Å². The zero-order valence-corrected chi connectivity index (χ0v) is 20.6. The third kappa shape index (κ3) is 6.00. The van der Waals surface area contributed by atoms with Gasteiger partial charge in [-0.2, -0.15) is 0 Å².